The van der Waals surface area contributed by atoms with Crippen LogP contribution >= 0.6 is 34.4 Å². The first-order valence-corrected chi connectivity index (χ1v) is 13.3. The number of carboxylic acid groups (broad SMARTS) is 1. The average Bonchev–Trinajstić information content (AvgIpc) is 3.46. The van der Waals surface area contributed by atoms with E-state index in [4.69, 9.17) is 16.3 Å². The van der Waals surface area contributed by atoms with Crippen LogP contribution in [0.3, 0.4) is 0 Å². The van der Waals surface area contributed by atoms with Crippen LogP contribution in [0.25, 0.3) is 10.2 Å². The van der Waals surface area contributed by atoms with E-state index in [1.807, 2.05) is 28.3 Å². The van der Waals surface area contributed by atoms with Crippen molar-refractivity contribution in [1.29, 1.82) is 0 Å². The van der Waals surface area contributed by atoms with Gasteiger partial charge >= 0.3 is 0 Å². The normalized spacial score (nSPS) is 19.8. The number of anilines is 2. The molecule has 5 heterocycles. The molecule has 0 aliphatic carbocycles. The predicted molar refractivity (Wildman–Crippen MR) is 134 cm³/mol. The first kappa shape index (κ1) is 24.0. The second-order valence-corrected chi connectivity index (χ2v) is 10.7. The van der Waals surface area contributed by atoms with Crippen molar-refractivity contribution in [2.24, 2.45) is 5.16 Å². The van der Waals surface area contributed by atoms with Crippen LogP contribution in [-0.4, -0.2) is 57.7 Å². The summed E-state index contributed by atoms with van der Waals surface area (Å²) in [7, 11) is 1.28. The van der Waals surface area contributed by atoms with Gasteiger partial charge in [-0.15, -0.1) is 23.1 Å². The molecule has 2 aliphatic rings. The maximum Gasteiger partial charge on any atom is 0.276 e. The molecule has 1 unspecified atom stereocenters. The van der Waals surface area contributed by atoms with Gasteiger partial charge in [0.2, 0.25) is 0 Å². The molecule has 2 amide bonds. The number of hydrogen-bond donors (Lipinski definition) is 3. The van der Waals surface area contributed by atoms with Gasteiger partial charge in [-0.1, -0.05) is 16.5 Å². The Morgan fingerprint density at radius 2 is 2.17 bits per heavy atom. The lowest BCUT2D eigenvalue weighted by Gasteiger charge is -2.50. The van der Waals surface area contributed by atoms with Crippen LogP contribution in [0.4, 0.5) is 10.8 Å². The van der Waals surface area contributed by atoms with Crippen molar-refractivity contribution in [3.8, 4) is 0 Å². The number of pyridine rings is 1. The molecule has 15 heteroatoms. The van der Waals surface area contributed by atoms with Gasteiger partial charge in [-0.05, 0) is 6.07 Å². The fraction of sp³-hybridized carbons (Fsp3) is 0.238. The predicted octanol–water partition coefficient (Wildman–Crippen LogP) is -0.736. The van der Waals surface area contributed by atoms with Gasteiger partial charge in [0.1, 0.15) is 24.2 Å². The number of carbonyl (C=O) groups excluding carboxylic acids is 3. The third kappa shape index (κ3) is 4.04. The molecule has 12 nitrogen and oxygen atoms in total. The standard InChI is InChI=1S/C21H19N7O5S3/c1-33-26-13(12-8-36-21(23)24-12)16(29)25-14-17(30)28-15(20(31)32)9(6-34-19(14)28)5-27-4-2-3-10-11(22)7-35-18(10)27/h2-4,7-8,14,19H,5-6,22H2,1H3,(H3-,23,24,25,29,31,32)/b26-13-/t14?,19-/m1/s1. The number of rotatable bonds is 7. The Balaban J connectivity index is 1.38. The lowest BCUT2D eigenvalue weighted by Crippen LogP contribution is -2.71. The number of aromatic nitrogens is 2. The van der Waals surface area contributed by atoms with Crippen LogP contribution in [0.2, 0.25) is 0 Å². The van der Waals surface area contributed by atoms with Crippen LogP contribution in [0.15, 0.2) is 45.5 Å². The molecule has 2 aliphatic heterocycles. The number of β-lactam (4-membered cyclic amide) rings is 1. The fourth-order valence-electron chi connectivity index (χ4n) is 4.10. The van der Waals surface area contributed by atoms with Gasteiger partial charge in [-0.3, -0.25) is 14.5 Å². The Morgan fingerprint density at radius 1 is 1.36 bits per heavy atom. The van der Waals surface area contributed by atoms with E-state index < -0.39 is 29.2 Å². The summed E-state index contributed by atoms with van der Waals surface area (Å²) >= 11 is 3.93. The third-order valence-electron chi connectivity index (χ3n) is 5.68. The van der Waals surface area contributed by atoms with E-state index in [-0.39, 0.29) is 28.8 Å². The van der Waals surface area contributed by atoms with Gasteiger partial charge in [0.25, 0.3) is 16.6 Å². The van der Waals surface area contributed by atoms with Gasteiger partial charge in [0.15, 0.2) is 23.6 Å². The van der Waals surface area contributed by atoms with E-state index in [0.717, 1.165) is 21.6 Å². The number of thioether (sulfide) groups is 1. The number of carboxylic acids is 1. The maximum absolute atomic E-state index is 13.0. The summed E-state index contributed by atoms with van der Waals surface area (Å²) in [5.74, 6) is -2.37. The van der Waals surface area contributed by atoms with Gasteiger partial charge in [0.05, 0.1) is 22.7 Å². The number of oxime groups is 1. The number of hydrogen-bond acceptors (Lipinski definition) is 12. The first-order valence-electron chi connectivity index (χ1n) is 10.5. The number of thiophene rings is 1. The molecule has 186 valence electrons. The molecule has 1 fully saturated rings. The Kier molecular flexibility index (Phi) is 6.27. The van der Waals surface area contributed by atoms with E-state index in [9.17, 15) is 19.5 Å². The summed E-state index contributed by atoms with van der Waals surface area (Å²) in [4.78, 5) is 48.9. The zero-order chi connectivity index (χ0) is 25.6. The van der Waals surface area contributed by atoms with Crippen LogP contribution in [0, 0.1) is 0 Å². The number of nitrogens with zero attached hydrogens (tertiary/aromatic N) is 4. The Hall–Kier alpha value is -3.69. The lowest BCUT2D eigenvalue weighted by molar-refractivity contribution is -0.661. The summed E-state index contributed by atoms with van der Waals surface area (Å²) in [5, 5.41) is 22.3. The molecule has 5 rings (SSSR count). The quantitative estimate of drug-likeness (QED) is 0.149. The second kappa shape index (κ2) is 9.40. The summed E-state index contributed by atoms with van der Waals surface area (Å²) in [5.41, 5.74) is 12.7. The first-order chi connectivity index (χ1) is 17.3. The highest BCUT2D eigenvalue weighted by molar-refractivity contribution is 8.00. The van der Waals surface area contributed by atoms with Gasteiger partial charge in [-0.25, -0.2) is 4.98 Å². The number of amides is 2. The van der Waals surface area contributed by atoms with Gasteiger partial charge < -0.3 is 31.5 Å². The van der Waals surface area contributed by atoms with Gasteiger partial charge in [-0.2, -0.15) is 4.57 Å². The molecule has 0 radical (unpaired) electrons. The number of thiazole rings is 1. The molecule has 0 bridgehead atoms. The molecule has 0 spiro atoms. The van der Waals surface area contributed by atoms with Crippen molar-refractivity contribution in [2.45, 2.75) is 18.0 Å². The molecule has 3 aromatic heterocycles. The van der Waals surface area contributed by atoms with Crippen molar-refractivity contribution in [2.75, 3.05) is 24.3 Å². The van der Waals surface area contributed by atoms with Crippen molar-refractivity contribution in [3.05, 3.63) is 46.1 Å². The molecule has 1 saturated heterocycles. The zero-order valence-corrected chi connectivity index (χ0v) is 21.1. The maximum atomic E-state index is 13.0. The van der Waals surface area contributed by atoms with Crippen LogP contribution in [-0.2, 0) is 25.8 Å². The van der Waals surface area contributed by atoms with E-state index in [1.54, 1.807) is 5.38 Å². The topological polar surface area (TPSA) is 180 Å². The van der Waals surface area contributed by atoms with Crippen LogP contribution in [0.5, 0.6) is 0 Å². The molecule has 3 aromatic rings. The Bertz CT molecular complexity index is 1460. The smallest absolute Gasteiger partial charge is 0.276 e. The zero-order valence-electron chi connectivity index (χ0n) is 18.7. The van der Waals surface area contributed by atoms with Crippen molar-refractivity contribution in [3.63, 3.8) is 0 Å². The van der Waals surface area contributed by atoms with Gasteiger partial charge in [0, 0.05) is 28.2 Å². The molecular weight excluding hydrogens is 526 g/mol. The minimum Gasteiger partial charge on any atom is -0.543 e. The minimum atomic E-state index is -1.45. The summed E-state index contributed by atoms with van der Waals surface area (Å²) in [6, 6.07) is 2.77. The Morgan fingerprint density at radius 3 is 2.86 bits per heavy atom. The summed E-state index contributed by atoms with van der Waals surface area (Å²) in [6.07, 6.45) is 1.83. The number of nitrogens with one attached hydrogen (secondary N) is 1. The molecule has 36 heavy (non-hydrogen) atoms. The number of nitrogens with two attached hydrogens (primary N) is 2. The molecule has 0 aromatic carbocycles. The molecule has 5 N–H and O–H groups in total. The SMILES string of the molecule is CO/N=C(\C(=O)NC1C(=O)N2C(C(=O)[O-])=C(C[n+]3cccc4c(N)csc43)CS[C@H]12)c1csc(N)n1. The van der Waals surface area contributed by atoms with Crippen molar-refractivity contribution in [1.82, 2.24) is 15.2 Å². The second-order valence-electron chi connectivity index (χ2n) is 7.84. The highest BCUT2D eigenvalue weighted by Crippen LogP contribution is 2.40. The highest BCUT2D eigenvalue weighted by atomic mass is 32.2. The number of nitrogen functional groups attached to an aromatic ring is 2. The number of aliphatic carboxylic acids is 1. The lowest BCUT2D eigenvalue weighted by atomic mass is 10.0. The number of carbonyl (C=O) groups is 3. The molecule has 0 saturated carbocycles. The summed E-state index contributed by atoms with van der Waals surface area (Å²) in [6.45, 7) is 0.247. The molecular formula is C21H19N7O5S3. The average molecular weight is 546 g/mol. The monoisotopic (exact) mass is 545 g/mol. The highest BCUT2D eigenvalue weighted by Gasteiger charge is 2.53. The number of fused-ring (bicyclic) bond motifs is 2. The minimum absolute atomic E-state index is 0.145. The fourth-order valence-corrected chi connectivity index (χ4v) is 6.92. The van der Waals surface area contributed by atoms with E-state index in [1.165, 1.54) is 35.1 Å². The van der Waals surface area contributed by atoms with Crippen LogP contribution < -0.4 is 26.5 Å². The molecule has 2 atom stereocenters. The van der Waals surface area contributed by atoms with Crippen molar-refractivity contribution < 1.29 is 28.9 Å². The summed E-state index contributed by atoms with van der Waals surface area (Å²) < 4.78 is 1.89. The van der Waals surface area contributed by atoms with Crippen LogP contribution in [0.1, 0.15) is 5.69 Å². The van der Waals surface area contributed by atoms with E-state index in [0.29, 0.717) is 17.0 Å². The third-order valence-corrected chi connectivity index (χ3v) is 8.74. The van der Waals surface area contributed by atoms with Crippen molar-refractivity contribution >= 4 is 79.0 Å². The van der Waals surface area contributed by atoms with E-state index in [2.05, 4.69) is 15.5 Å². The van der Waals surface area contributed by atoms with E-state index >= 15 is 0 Å². The largest absolute Gasteiger partial charge is 0.543 e. The Labute approximate surface area is 216 Å².